The van der Waals surface area contributed by atoms with Crippen molar-refractivity contribution >= 4 is 38.5 Å². The number of aryl methyl sites for hydroxylation is 1. The van der Waals surface area contributed by atoms with Gasteiger partial charge in [-0.05, 0) is 56.5 Å². The van der Waals surface area contributed by atoms with Crippen LogP contribution in [-0.2, 0) is 14.8 Å². The molecule has 0 bridgehead atoms. The van der Waals surface area contributed by atoms with Gasteiger partial charge < -0.3 is 19.6 Å². The van der Waals surface area contributed by atoms with Crippen LogP contribution in [-0.4, -0.2) is 37.1 Å². The van der Waals surface area contributed by atoms with Gasteiger partial charge in [-0.15, -0.1) is 0 Å². The van der Waals surface area contributed by atoms with Gasteiger partial charge in [0.25, 0.3) is 0 Å². The van der Waals surface area contributed by atoms with Crippen molar-refractivity contribution in [2.24, 2.45) is 0 Å². The summed E-state index contributed by atoms with van der Waals surface area (Å²) in [6.45, 7) is 3.74. The largest absolute Gasteiger partial charge is 0.507 e. The molecule has 0 atom stereocenters. The molecular weight excluding hydrogens is 444 g/mol. The highest BCUT2D eigenvalue weighted by atomic mass is 35.5. The van der Waals surface area contributed by atoms with Crippen LogP contribution in [0.3, 0.4) is 0 Å². The van der Waals surface area contributed by atoms with Crippen LogP contribution in [0.15, 0.2) is 35.2 Å². The van der Waals surface area contributed by atoms with Crippen molar-refractivity contribution < 1.29 is 27.8 Å². The number of carbonyl (C=O) groups excluding carboxylic acids is 1. The molecule has 1 saturated carbocycles. The molecule has 2 aromatic carbocycles. The first-order chi connectivity index (χ1) is 14.7. The lowest BCUT2D eigenvalue weighted by Gasteiger charge is -2.14. The first kappa shape index (κ1) is 21.5. The summed E-state index contributed by atoms with van der Waals surface area (Å²) in [6.07, 6.45) is 1.55. The number of ether oxygens (including phenoxy) is 2. The number of benzene rings is 2. The number of H-pyrrole nitrogens is 1. The highest BCUT2D eigenvalue weighted by Crippen LogP contribution is 2.40. The normalized spacial score (nSPS) is 14.0. The van der Waals surface area contributed by atoms with Crippen molar-refractivity contribution in [3.05, 3.63) is 46.6 Å². The van der Waals surface area contributed by atoms with Crippen molar-refractivity contribution in [1.29, 1.82) is 0 Å². The average Bonchev–Trinajstić information content (AvgIpc) is 3.40. The molecule has 0 aliphatic heterocycles. The Morgan fingerprint density at radius 1 is 1.29 bits per heavy atom. The monoisotopic (exact) mass is 464 g/mol. The Kier molecular flexibility index (Phi) is 5.59. The highest BCUT2D eigenvalue weighted by molar-refractivity contribution is 7.89. The summed E-state index contributed by atoms with van der Waals surface area (Å²) in [5.74, 6) is -0.359. The molecule has 3 N–H and O–H groups in total. The van der Waals surface area contributed by atoms with E-state index in [1.54, 1.807) is 26.0 Å². The van der Waals surface area contributed by atoms with Crippen LogP contribution in [0.25, 0.3) is 10.9 Å². The van der Waals surface area contributed by atoms with Crippen LogP contribution in [0.4, 0.5) is 0 Å². The number of rotatable bonds is 7. The zero-order valence-corrected chi connectivity index (χ0v) is 18.4. The Labute approximate surface area is 184 Å². The lowest BCUT2D eigenvalue weighted by atomic mass is 10.1. The van der Waals surface area contributed by atoms with Crippen LogP contribution in [0.5, 0.6) is 17.2 Å². The van der Waals surface area contributed by atoms with Crippen molar-refractivity contribution in [3.63, 3.8) is 0 Å². The van der Waals surface area contributed by atoms with Gasteiger partial charge in [-0.3, -0.25) is 0 Å². The second-order valence-corrected chi connectivity index (χ2v) is 9.39. The molecule has 164 valence electrons. The second-order valence-electron chi connectivity index (χ2n) is 7.33. The predicted molar refractivity (Wildman–Crippen MR) is 116 cm³/mol. The Morgan fingerprint density at radius 2 is 2.03 bits per heavy atom. The summed E-state index contributed by atoms with van der Waals surface area (Å²) in [5.41, 5.74) is 1.57. The van der Waals surface area contributed by atoms with Gasteiger partial charge in [0.05, 0.1) is 11.6 Å². The van der Waals surface area contributed by atoms with Crippen molar-refractivity contribution in [3.8, 4) is 17.2 Å². The lowest BCUT2D eigenvalue weighted by Crippen LogP contribution is -2.25. The smallest absolute Gasteiger partial charge is 0.354 e. The molecular formula is C21H21ClN2O6S. The number of hydrogen-bond donors (Lipinski definition) is 3. The summed E-state index contributed by atoms with van der Waals surface area (Å²) in [5, 5.41) is 10.9. The van der Waals surface area contributed by atoms with Gasteiger partial charge in [0.1, 0.15) is 27.8 Å². The number of nitrogens with one attached hydrogen (secondary N) is 2. The molecule has 1 fully saturated rings. The Bertz CT molecular complexity index is 1280. The van der Waals surface area contributed by atoms with E-state index < -0.39 is 16.0 Å². The molecule has 1 aliphatic rings. The standard InChI is InChI=1S/C21H21ClN2O6S/c1-3-29-21(26)16-10-14-15(23-16)8-11(2)20(19(14)22)30-13-6-7-17(25)18(9-13)31(27,28)24-12-4-5-12/h6-10,12,23-25H,3-5H2,1-2H3. The van der Waals surface area contributed by atoms with E-state index in [1.807, 2.05) is 0 Å². The fourth-order valence-electron chi connectivity index (χ4n) is 3.16. The highest BCUT2D eigenvalue weighted by Gasteiger charge is 2.30. The maximum atomic E-state index is 12.5. The lowest BCUT2D eigenvalue weighted by molar-refractivity contribution is 0.0520. The molecule has 3 aromatic rings. The number of carbonyl (C=O) groups is 1. The molecule has 0 saturated heterocycles. The SMILES string of the molecule is CCOC(=O)c1cc2c(Cl)c(Oc3ccc(O)c(S(=O)(=O)NC4CC4)c3)c(C)cc2[nH]1. The van der Waals surface area contributed by atoms with E-state index >= 15 is 0 Å². The number of fused-ring (bicyclic) bond motifs is 1. The fourth-order valence-corrected chi connectivity index (χ4v) is 4.92. The van der Waals surface area contributed by atoms with Crippen molar-refractivity contribution in [2.45, 2.75) is 37.6 Å². The Balaban J connectivity index is 1.70. The molecule has 4 rings (SSSR count). The number of aromatic amines is 1. The second kappa shape index (κ2) is 8.07. The first-order valence-electron chi connectivity index (χ1n) is 9.71. The van der Waals surface area contributed by atoms with E-state index in [0.29, 0.717) is 22.2 Å². The predicted octanol–water partition coefficient (Wildman–Crippen LogP) is 4.25. The van der Waals surface area contributed by atoms with E-state index in [2.05, 4.69) is 9.71 Å². The molecule has 10 heteroatoms. The minimum atomic E-state index is -3.88. The number of halogens is 1. The first-order valence-corrected chi connectivity index (χ1v) is 11.6. The topological polar surface area (TPSA) is 118 Å². The third-order valence-electron chi connectivity index (χ3n) is 4.84. The molecule has 8 nitrogen and oxygen atoms in total. The molecule has 0 spiro atoms. The van der Waals surface area contributed by atoms with Crippen LogP contribution in [0.1, 0.15) is 35.8 Å². The number of phenolic OH excluding ortho intramolecular Hbond substituents is 1. The number of aromatic hydroxyl groups is 1. The number of phenols is 1. The van der Waals surface area contributed by atoms with E-state index in [0.717, 1.165) is 12.8 Å². The van der Waals surface area contributed by atoms with Crippen LogP contribution in [0.2, 0.25) is 5.02 Å². The van der Waals surface area contributed by atoms with Gasteiger partial charge in [-0.2, -0.15) is 0 Å². The van der Waals surface area contributed by atoms with Gasteiger partial charge in [-0.1, -0.05) is 11.6 Å². The third-order valence-corrected chi connectivity index (χ3v) is 6.76. The van der Waals surface area contributed by atoms with Gasteiger partial charge in [0.2, 0.25) is 10.0 Å². The molecule has 1 aliphatic carbocycles. The summed E-state index contributed by atoms with van der Waals surface area (Å²) >= 11 is 6.55. The molecule has 1 aromatic heterocycles. The molecule has 0 radical (unpaired) electrons. The molecule has 0 unspecified atom stereocenters. The Morgan fingerprint density at radius 3 is 2.71 bits per heavy atom. The van der Waals surface area contributed by atoms with Crippen LogP contribution in [0, 0.1) is 6.92 Å². The zero-order valence-electron chi connectivity index (χ0n) is 16.9. The fraction of sp³-hybridized carbons (Fsp3) is 0.286. The maximum Gasteiger partial charge on any atom is 0.354 e. The van der Waals surface area contributed by atoms with Gasteiger partial charge in [-0.25, -0.2) is 17.9 Å². The van der Waals surface area contributed by atoms with E-state index in [1.165, 1.54) is 18.2 Å². The van der Waals surface area contributed by atoms with E-state index in [4.69, 9.17) is 21.1 Å². The maximum absolute atomic E-state index is 12.5. The summed E-state index contributed by atoms with van der Waals surface area (Å²) in [6, 6.07) is 7.21. The van der Waals surface area contributed by atoms with Crippen LogP contribution >= 0.6 is 11.6 Å². The summed E-state index contributed by atoms with van der Waals surface area (Å²) in [7, 11) is -3.88. The van der Waals surface area contributed by atoms with Gasteiger partial charge in [0.15, 0.2) is 0 Å². The van der Waals surface area contributed by atoms with Gasteiger partial charge in [0, 0.05) is 23.0 Å². The number of esters is 1. The van der Waals surface area contributed by atoms with Gasteiger partial charge >= 0.3 is 5.97 Å². The minimum absolute atomic E-state index is 0.102. The van der Waals surface area contributed by atoms with E-state index in [9.17, 15) is 18.3 Å². The minimum Gasteiger partial charge on any atom is -0.507 e. The van der Waals surface area contributed by atoms with Crippen LogP contribution < -0.4 is 9.46 Å². The average molecular weight is 465 g/mol. The summed E-state index contributed by atoms with van der Waals surface area (Å²) < 4.78 is 38.5. The van der Waals surface area contributed by atoms with Crippen molar-refractivity contribution in [2.75, 3.05) is 6.61 Å². The number of aromatic nitrogens is 1. The third kappa shape index (κ3) is 4.34. The Hall–Kier alpha value is -2.75. The van der Waals surface area contributed by atoms with Crippen molar-refractivity contribution in [1.82, 2.24) is 9.71 Å². The number of sulfonamides is 1. The van der Waals surface area contributed by atoms with E-state index in [-0.39, 0.29) is 39.8 Å². The summed E-state index contributed by atoms with van der Waals surface area (Å²) in [4.78, 5) is 14.7. The molecule has 1 heterocycles. The zero-order chi connectivity index (χ0) is 22.3. The molecule has 31 heavy (non-hydrogen) atoms. The number of hydrogen-bond acceptors (Lipinski definition) is 6. The molecule has 0 amide bonds. The quantitative estimate of drug-likeness (QED) is 0.450.